The molecule has 1 aliphatic heterocycles. The molecule has 1 N–H and O–H groups in total. The minimum Gasteiger partial charge on any atom is -0.346 e. The highest BCUT2D eigenvalue weighted by Gasteiger charge is 2.14. The van der Waals surface area contributed by atoms with Crippen molar-refractivity contribution in [3.63, 3.8) is 0 Å². The van der Waals surface area contributed by atoms with Gasteiger partial charge in [-0.15, -0.1) is 0 Å². The number of aromatic nitrogens is 3. The molecule has 6 nitrogen and oxygen atoms in total. The normalized spacial score (nSPS) is 14.6. The van der Waals surface area contributed by atoms with Crippen molar-refractivity contribution < 1.29 is 4.79 Å². The Morgan fingerprint density at radius 2 is 1.86 bits per heavy atom. The molecule has 0 saturated carbocycles. The zero-order chi connectivity index (χ0) is 15.2. The lowest BCUT2D eigenvalue weighted by molar-refractivity contribution is 0.0949. The number of nitrogens with zero attached hydrogens (tertiary/aromatic N) is 4. The average molecular weight is 297 g/mol. The van der Waals surface area contributed by atoms with Gasteiger partial charge in [0.1, 0.15) is 0 Å². The van der Waals surface area contributed by atoms with E-state index in [2.05, 4.69) is 25.2 Å². The van der Waals surface area contributed by atoms with Gasteiger partial charge in [0.05, 0.1) is 17.8 Å². The van der Waals surface area contributed by atoms with Crippen LogP contribution in [-0.2, 0) is 6.54 Å². The van der Waals surface area contributed by atoms with Gasteiger partial charge in [0.2, 0.25) is 5.95 Å². The van der Waals surface area contributed by atoms with Gasteiger partial charge in [-0.3, -0.25) is 9.78 Å². The molecule has 0 aromatic carbocycles. The molecule has 1 amide bonds. The van der Waals surface area contributed by atoms with E-state index in [1.165, 1.54) is 19.3 Å². The molecule has 0 radical (unpaired) electrons. The van der Waals surface area contributed by atoms with Crippen LogP contribution in [0.5, 0.6) is 0 Å². The van der Waals surface area contributed by atoms with E-state index in [0.29, 0.717) is 18.1 Å². The average Bonchev–Trinajstić information content (AvgIpc) is 2.61. The lowest BCUT2D eigenvalue weighted by Gasteiger charge is -2.26. The van der Waals surface area contributed by atoms with Crippen LogP contribution in [0.2, 0.25) is 0 Å². The van der Waals surface area contributed by atoms with Crippen LogP contribution in [0.1, 0.15) is 35.3 Å². The molecule has 1 fully saturated rings. The monoisotopic (exact) mass is 297 g/mol. The summed E-state index contributed by atoms with van der Waals surface area (Å²) in [5.41, 5.74) is 1.29. The third kappa shape index (κ3) is 3.58. The topological polar surface area (TPSA) is 71.0 Å². The highest BCUT2D eigenvalue weighted by Crippen LogP contribution is 2.14. The second kappa shape index (κ2) is 6.98. The Morgan fingerprint density at radius 3 is 2.55 bits per heavy atom. The predicted molar refractivity (Wildman–Crippen MR) is 83.5 cm³/mol. The van der Waals surface area contributed by atoms with Crippen LogP contribution < -0.4 is 10.2 Å². The summed E-state index contributed by atoms with van der Waals surface area (Å²) in [4.78, 5) is 27.0. The maximum atomic E-state index is 12.1. The fraction of sp³-hybridized carbons (Fsp3) is 0.375. The molecule has 0 unspecified atom stereocenters. The van der Waals surface area contributed by atoms with Crippen LogP contribution in [0, 0.1) is 0 Å². The first-order chi connectivity index (χ1) is 10.8. The number of carbonyl (C=O) groups excluding carboxylic acids is 1. The van der Waals surface area contributed by atoms with Crippen molar-refractivity contribution in [3.8, 4) is 0 Å². The molecular formula is C16H19N5O. The molecular weight excluding hydrogens is 278 g/mol. The Bertz CT molecular complexity index is 608. The van der Waals surface area contributed by atoms with E-state index in [9.17, 15) is 4.79 Å². The quantitative estimate of drug-likeness (QED) is 0.931. The number of amides is 1. The molecule has 22 heavy (non-hydrogen) atoms. The van der Waals surface area contributed by atoms with E-state index in [-0.39, 0.29) is 5.91 Å². The zero-order valence-electron chi connectivity index (χ0n) is 12.4. The fourth-order valence-electron chi connectivity index (χ4n) is 2.47. The SMILES string of the molecule is O=C(NCc1ccccn1)c1cnc(N2CCCCC2)nc1. The minimum atomic E-state index is -0.184. The van der Waals surface area contributed by atoms with Crippen LogP contribution in [0.25, 0.3) is 0 Å². The summed E-state index contributed by atoms with van der Waals surface area (Å²) >= 11 is 0. The third-order valence-corrected chi connectivity index (χ3v) is 3.70. The minimum absolute atomic E-state index is 0.184. The van der Waals surface area contributed by atoms with Crippen LogP contribution in [-0.4, -0.2) is 33.9 Å². The first-order valence-corrected chi connectivity index (χ1v) is 7.58. The van der Waals surface area contributed by atoms with E-state index in [1.807, 2.05) is 18.2 Å². The first kappa shape index (κ1) is 14.4. The summed E-state index contributed by atoms with van der Waals surface area (Å²) in [7, 11) is 0. The summed E-state index contributed by atoms with van der Waals surface area (Å²) in [5, 5.41) is 2.82. The molecule has 0 bridgehead atoms. The van der Waals surface area contributed by atoms with Crippen molar-refractivity contribution in [2.45, 2.75) is 25.8 Å². The zero-order valence-corrected chi connectivity index (χ0v) is 12.4. The second-order valence-electron chi connectivity index (χ2n) is 5.32. The summed E-state index contributed by atoms with van der Waals surface area (Å²) in [6.45, 7) is 2.38. The lowest BCUT2D eigenvalue weighted by Crippen LogP contribution is -2.31. The smallest absolute Gasteiger partial charge is 0.254 e. The maximum absolute atomic E-state index is 12.1. The van der Waals surface area contributed by atoms with Crippen molar-refractivity contribution in [2.75, 3.05) is 18.0 Å². The standard InChI is InChI=1S/C16H19N5O/c22-15(18-12-14-6-2-3-7-17-14)13-10-19-16(20-11-13)21-8-4-1-5-9-21/h2-3,6-7,10-11H,1,4-5,8-9,12H2,(H,18,22). The Hall–Kier alpha value is -2.50. The van der Waals surface area contributed by atoms with E-state index < -0.39 is 0 Å². The summed E-state index contributed by atoms with van der Waals surface area (Å²) in [5.74, 6) is 0.525. The number of nitrogens with one attached hydrogen (secondary N) is 1. The van der Waals surface area contributed by atoms with E-state index in [0.717, 1.165) is 18.8 Å². The molecule has 0 spiro atoms. The molecule has 1 aliphatic rings. The molecule has 1 saturated heterocycles. The molecule has 114 valence electrons. The molecule has 0 atom stereocenters. The Labute approximate surface area is 129 Å². The number of rotatable bonds is 4. The number of hydrogen-bond acceptors (Lipinski definition) is 5. The Balaban J connectivity index is 1.58. The van der Waals surface area contributed by atoms with E-state index in [1.54, 1.807) is 18.6 Å². The first-order valence-electron chi connectivity index (χ1n) is 7.58. The van der Waals surface area contributed by atoms with Crippen LogP contribution in [0.4, 0.5) is 5.95 Å². The number of carbonyl (C=O) groups is 1. The van der Waals surface area contributed by atoms with Crippen molar-refractivity contribution in [2.24, 2.45) is 0 Å². The predicted octanol–water partition coefficient (Wildman–Crippen LogP) is 1.79. The summed E-state index contributed by atoms with van der Waals surface area (Å²) in [6.07, 6.45) is 8.50. The van der Waals surface area contributed by atoms with Gasteiger partial charge in [-0.05, 0) is 31.4 Å². The number of piperidine rings is 1. The van der Waals surface area contributed by atoms with Crippen molar-refractivity contribution in [1.82, 2.24) is 20.3 Å². The molecule has 3 heterocycles. The molecule has 2 aromatic rings. The third-order valence-electron chi connectivity index (χ3n) is 3.70. The van der Waals surface area contributed by atoms with Gasteiger partial charge in [-0.2, -0.15) is 0 Å². The maximum Gasteiger partial charge on any atom is 0.254 e. The highest BCUT2D eigenvalue weighted by atomic mass is 16.1. The van der Waals surface area contributed by atoms with Gasteiger partial charge in [0, 0.05) is 31.7 Å². The van der Waals surface area contributed by atoms with Crippen molar-refractivity contribution >= 4 is 11.9 Å². The number of anilines is 1. The largest absolute Gasteiger partial charge is 0.346 e. The molecule has 0 aliphatic carbocycles. The van der Waals surface area contributed by atoms with Gasteiger partial charge < -0.3 is 10.2 Å². The van der Waals surface area contributed by atoms with Gasteiger partial charge in [0.15, 0.2) is 0 Å². The second-order valence-corrected chi connectivity index (χ2v) is 5.32. The molecule has 6 heteroatoms. The van der Waals surface area contributed by atoms with Crippen LogP contribution in [0.3, 0.4) is 0 Å². The van der Waals surface area contributed by atoms with Gasteiger partial charge in [-0.25, -0.2) is 9.97 Å². The van der Waals surface area contributed by atoms with Gasteiger partial charge in [0.25, 0.3) is 5.91 Å². The van der Waals surface area contributed by atoms with E-state index in [4.69, 9.17) is 0 Å². The molecule has 3 rings (SSSR count). The van der Waals surface area contributed by atoms with Crippen LogP contribution >= 0.6 is 0 Å². The fourth-order valence-corrected chi connectivity index (χ4v) is 2.47. The van der Waals surface area contributed by atoms with Crippen molar-refractivity contribution in [1.29, 1.82) is 0 Å². The summed E-state index contributed by atoms with van der Waals surface area (Å²) < 4.78 is 0. The van der Waals surface area contributed by atoms with Gasteiger partial charge >= 0.3 is 0 Å². The Kier molecular flexibility index (Phi) is 4.58. The number of hydrogen-bond donors (Lipinski definition) is 1. The summed E-state index contributed by atoms with van der Waals surface area (Å²) in [6, 6.07) is 5.61. The van der Waals surface area contributed by atoms with Crippen molar-refractivity contribution in [3.05, 3.63) is 48.0 Å². The van der Waals surface area contributed by atoms with E-state index >= 15 is 0 Å². The van der Waals surface area contributed by atoms with Crippen LogP contribution in [0.15, 0.2) is 36.8 Å². The lowest BCUT2D eigenvalue weighted by atomic mass is 10.1. The van der Waals surface area contributed by atoms with Gasteiger partial charge in [-0.1, -0.05) is 6.07 Å². The highest BCUT2D eigenvalue weighted by molar-refractivity contribution is 5.93. The molecule has 2 aromatic heterocycles. The Morgan fingerprint density at radius 1 is 1.09 bits per heavy atom. The number of pyridine rings is 1.